The molecule has 0 aliphatic rings. The van der Waals surface area contributed by atoms with Crippen molar-refractivity contribution in [2.75, 3.05) is 10.2 Å². The van der Waals surface area contributed by atoms with Gasteiger partial charge in [-0.25, -0.2) is 4.68 Å². The van der Waals surface area contributed by atoms with Crippen molar-refractivity contribution >= 4 is 40.1 Å². The van der Waals surface area contributed by atoms with Gasteiger partial charge in [-0.05, 0) is 69.2 Å². The van der Waals surface area contributed by atoms with Gasteiger partial charge in [0.1, 0.15) is 18.1 Å². The highest BCUT2D eigenvalue weighted by atomic mass is 16.2. The van der Waals surface area contributed by atoms with Gasteiger partial charge in [0.2, 0.25) is 17.7 Å². The highest BCUT2D eigenvalue weighted by Gasteiger charge is 2.35. The first kappa shape index (κ1) is 27.5. The molecule has 1 aromatic heterocycles. The summed E-state index contributed by atoms with van der Waals surface area (Å²) in [6, 6.07) is 20.9. The standard InChI is InChI=1S/C30H34N6O3/c1-6-30(4,5)32-29(39)28(22-13-11-20(2)12-14-22)36(24-17-15-23(16-18-24)31-21(3)37)27(38)19-35-26-10-8-7-9-25(26)33-34-35/h7-18,28H,6,19H2,1-5H3,(H,31,37)(H,32,39)/t28-/m1/s1. The number of para-hydroxylation sites is 1. The Hall–Kier alpha value is -4.53. The molecule has 0 saturated heterocycles. The summed E-state index contributed by atoms with van der Waals surface area (Å²) < 4.78 is 1.54. The second-order valence-electron chi connectivity index (χ2n) is 10.3. The van der Waals surface area contributed by atoms with E-state index < -0.39 is 11.6 Å². The number of aromatic nitrogens is 3. The number of hydrogen-bond acceptors (Lipinski definition) is 5. The molecule has 4 aromatic rings. The highest BCUT2D eigenvalue weighted by Crippen LogP contribution is 2.31. The molecule has 3 aromatic carbocycles. The normalized spacial score (nSPS) is 12.1. The topological polar surface area (TPSA) is 109 Å². The number of carbonyl (C=O) groups is 3. The molecule has 202 valence electrons. The number of benzene rings is 3. The smallest absolute Gasteiger partial charge is 0.249 e. The number of hydrogen-bond donors (Lipinski definition) is 2. The SMILES string of the molecule is CCC(C)(C)NC(=O)[C@@H](c1ccc(C)cc1)N(C(=O)Cn1nnc2ccccc21)c1ccc(NC(C)=O)cc1. The van der Waals surface area contributed by atoms with Crippen LogP contribution in [0.2, 0.25) is 0 Å². The summed E-state index contributed by atoms with van der Waals surface area (Å²) in [5.74, 6) is -0.839. The van der Waals surface area contributed by atoms with Crippen molar-refractivity contribution in [3.8, 4) is 0 Å². The number of anilines is 2. The van der Waals surface area contributed by atoms with Crippen LogP contribution in [0.25, 0.3) is 11.0 Å². The first-order valence-electron chi connectivity index (χ1n) is 12.9. The number of nitrogens with zero attached hydrogens (tertiary/aromatic N) is 4. The maximum absolute atomic E-state index is 14.1. The second kappa shape index (κ2) is 11.5. The molecule has 0 spiro atoms. The Labute approximate surface area is 228 Å². The third-order valence-electron chi connectivity index (χ3n) is 6.68. The molecular weight excluding hydrogens is 492 g/mol. The zero-order valence-corrected chi connectivity index (χ0v) is 22.9. The van der Waals surface area contributed by atoms with Gasteiger partial charge in [0.15, 0.2) is 0 Å². The lowest BCUT2D eigenvalue weighted by Crippen LogP contribution is -2.51. The van der Waals surface area contributed by atoms with Crippen molar-refractivity contribution < 1.29 is 14.4 Å². The molecule has 0 aliphatic carbocycles. The van der Waals surface area contributed by atoms with Crippen LogP contribution in [0.15, 0.2) is 72.8 Å². The predicted octanol–water partition coefficient (Wildman–Crippen LogP) is 4.78. The quantitative estimate of drug-likeness (QED) is 0.326. The second-order valence-corrected chi connectivity index (χ2v) is 10.3. The Morgan fingerprint density at radius 2 is 1.64 bits per heavy atom. The average Bonchev–Trinajstić information content (AvgIpc) is 3.30. The summed E-state index contributed by atoms with van der Waals surface area (Å²) in [5.41, 5.74) is 3.72. The van der Waals surface area contributed by atoms with Crippen LogP contribution in [0, 0.1) is 6.92 Å². The third-order valence-corrected chi connectivity index (χ3v) is 6.68. The van der Waals surface area contributed by atoms with Gasteiger partial charge in [-0.2, -0.15) is 0 Å². The summed E-state index contributed by atoms with van der Waals surface area (Å²) in [6.07, 6.45) is 0.712. The molecule has 3 amide bonds. The lowest BCUT2D eigenvalue weighted by atomic mass is 9.97. The van der Waals surface area contributed by atoms with Crippen molar-refractivity contribution in [3.63, 3.8) is 0 Å². The molecule has 0 radical (unpaired) electrons. The Morgan fingerprint density at radius 1 is 0.974 bits per heavy atom. The van der Waals surface area contributed by atoms with Crippen LogP contribution in [-0.4, -0.2) is 38.3 Å². The van der Waals surface area contributed by atoms with E-state index in [1.54, 1.807) is 24.3 Å². The fourth-order valence-electron chi connectivity index (χ4n) is 4.24. The molecule has 0 bridgehead atoms. The van der Waals surface area contributed by atoms with E-state index in [2.05, 4.69) is 20.9 Å². The van der Waals surface area contributed by atoms with Gasteiger partial charge in [0.25, 0.3) is 0 Å². The number of carbonyl (C=O) groups excluding carboxylic acids is 3. The minimum absolute atomic E-state index is 0.124. The molecule has 39 heavy (non-hydrogen) atoms. The van der Waals surface area contributed by atoms with Gasteiger partial charge < -0.3 is 10.6 Å². The van der Waals surface area contributed by atoms with Crippen LogP contribution in [0.3, 0.4) is 0 Å². The van der Waals surface area contributed by atoms with Gasteiger partial charge in [-0.15, -0.1) is 5.10 Å². The summed E-state index contributed by atoms with van der Waals surface area (Å²) in [4.78, 5) is 41.1. The number of fused-ring (bicyclic) bond motifs is 1. The maximum atomic E-state index is 14.1. The van der Waals surface area contributed by atoms with Crippen LogP contribution in [-0.2, 0) is 20.9 Å². The highest BCUT2D eigenvalue weighted by molar-refractivity contribution is 6.02. The number of aryl methyl sites for hydroxylation is 1. The van der Waals surface area contributed by atoms with E-state index in [1.807, 2.05) is 76.2 Å². The van der Waals surface area contributed by atoms with Gasteiger partial charge >= 0.3 is 0 Å². The van der Waals surface area contributed by atoms with E-state index in [0.29, 0.717) is 28.9 Å². The van der Waals surface area contributed by atoms with Gasteiger partial charge in [0, 0.05) is 23.8 Å². The molecule has 1 atom stereocenters. The van der Waals surface area contributed by atoms with E-state index >= 15 is 0 Å². The van der Waals surface area contributed by atoms with Crippen LogP contribution in [0.1, 0.15) is 51.3 Å². The van der Waals surface area contributed by atoms with Crippen LogP contribution in [0.4, 0.5) is 11.4 Å². The Morgan fingerprint density at radius 3 is 2.28 bits per heavy atom. The molecule has 1 heterocycles. The Bertz CT molecular complexity index is 1470. The van der Waals surface area contributed by atoms with E-state index in [9.17, 15) is 14.4 Å². The lowest BCUT2D eigenvalue weighted by molar-refractivity contribution is -0.128. The first-order valence-corrected chi connectivity index (χ1v) is 12.9. The van der Waals surface area contributed by atoms with Crippen molar-refractivity contribution in [2.24, 2.45) is 0 Å². The predicted molar refractivity (Wildman–Crippen MR) is 152 cm³/mol. The van der Waals surface area contributed by atoms with Crippen molar-refractivity contribution in [1.29, 1.82) is 0 Å². The molecule has 9 nitrogen and oxygen atoms in total. The molecule has 0 aliphatic heterocycles. The summed E-state index contributed by atoms with van der Waals surface area (Å²) in [7, 11) is 0. The van der Waals surface area contributed by atoms with Gasteiger partial charge in [-0.3, -0.25) is 19.3 Å². The Balaban J connectivity index is 1.81. The van der Waals surface area contributed by atoms with E-state index in [4.69, 9.17) is 0 Å². The number of amides is 3. The summed E-state index contributed by atoms with van der Waals surface area (Å²) in [6.45, 7) is 9.18. The summed E-state index contributed by atoms with van der Waals surface area (Å²) in [5, 5.41) is 14.2. The monoisotopic (exact) mass is 526 g/mol. The molecular formula is C30H34N6O3. The minimum Gasteiger partial charge on any atom is -0.349 e. The molecule has 0 saturated carbocycles. The lowest BCUT2D eigenvalue weighted by Gasteiger charge is -2.34. The van der Waals surface area contributed by atoms with Crippen LogP contribution in [0.5, 0.6) is 0 Å². The largest absolute Gasteiger partial charge is 0.349 e. The Kier molecular flexibility index (Phi) is 8.09. The van der Waals surface area contributed by atoms with Crippen LogP contribution < -0.4 is 15.5 Å². The van der Waals surface area contributed by atoms with Crippen molar-refractivity contribution in [2.45, 2.75) is 59.2 Å². The molecule has 4 rings (SSSR count). The fourth-order valence-corrected chi connectivity index (χ4v) is 4.24. The molecule has 0 fully saturated rings. The average molecular weight is 527 g/mol. The zero-order chi connectivity index (χ0) is 28.2. The summed E-state index contributed by atoms with van der Waals surface area (Å²) >= 11 is 0. The number of nitrogens with one attached hydrogen (secondary N) is 2. The molecule has 9 heteroatoms. The van der Waals surface area contributed by atoms with E-state index in [1.165, 1.54) is 16.5 Å². The van der Waals surface area contributed by atoms with E-state index in [0.717, 1.165) is 11.1 Å². The first-order chi connectivity index (χ1) is 18.6. The van der Waals surface area contributed by atoms with Gasteiger partial charge in [-0.1, -0.05) is 54.1 Å². The van der Waals surface area contributed by atoms with Gasteiger partial charge in [0.05, 0.1) is 5.52 Å². The van der Waals surface area contributed by atoms with Crippen molar-refractivity contribution in [1.82, 2.24) is 20.3 Å². The van der Waals surface area contributed by atoms with Crippen molar-refractivity contribution in [3.05, 3.63) is 83.9 Å². The molecule has 0 unspecified atom stereocenters. The maximum Gasteiger partial charge on any atom is 0.249 e. The minimum atomic E-state index is -0.953. The van der Waals surface area contributed by atoms with E-state index in [-0.39, 0.29) is 24.3 Å². The zero-order valence-electron chi connectivity index (χ0n) is 22.9. The van der Waals surface area contributed by atoms with Crippen LogP contribution >= 0.6 is 0 Å². The molecule has 2 N–H and O–H groups in total. The third kappa shape index (κ3) is 6.49. The number of rotatable bonds is 9. The fraction of sp³-hybridized carbons (Fsp3) is 0.300.